The normalized spacial score (nSPS) is 14.3. The molecule has 0 unspecified atom stereocenters. The highest BCUT2D eigenvalue weighted by Crippen LogP contribution is 2.32. The van der Waals surface area contributed by atoms with Crippen LogP contribution < -0.4 is 0 Å². The van der Waals surface area contributed by atoms with Crippen LogP contribution in [0, 0.1) is 0 Å². The fourth-order valence-electron chi connectivity index (χ4n) is 3.23. The number of hydrogen-bond donors (Lipinski definition) is 0. The van der Waals surface area contributed by atoms with E-state index >= 15 is 0 Å². The molecule has 0 atom stereocenters. The summed E-state index contributed by atoms with van der Waals surface area (Å²) in [6.07, 6.45) is 2.95. The third-order valence-corrected chi connectivity index (χ3v) is 4.17. The topological polar surface area (TPSA) is 48.3 Å². The number of methoxy groups -OCH3 is 1. The average Bonchev–Trinajstić information content (AvgIpc) is 2.80. The lowest BCUT2D eigenvalue weighted by Crippen LogP contribution is -2.15. The first-order valence-corrected chi connectivity index (χ1v) is 7.39. The summed E-state index contributed by atoms with van der Waals surface area (Å²) >= 11 is 0. The zero-order valence-corrected chi connectivity index (χ0v) is 12.4. The molecule has 110 valence electrons. The van der Waals surface area contributed by atoms with E-state index in [-0.39, 0.29) is 11.8 Å². The van der Waals surface area contributed by atoms with Gasteiger partial charge in [-0.2, -0.15) is 0 Å². The van der Waals surface area contributed by atoms with Crippen molar-refractivity contribution in [1.82, 2.24) is 4.57 Å². The van der Waals surface area contributed by atoms with Crippen LogP contribution >= 0.6 is 0 Å². The lowest BCUT2D eigenvalue weighted by atomic mass is 9.94. The van der Waals surface area contributed by atoms with Crippen LogP contribution in [0.15, 0.2) is 18.2 Å². The monoisotopic (exact) mass is 285 g/mol. The number of ketones is 1. The Bertz CT molecular complexity index is 727. The molecular weight excluding hydrogens is 266 g/mol. The Labute approximate surface area is 123 Å². The van der Waals surface area contributed by atoms with Crippen LogP contribution in [-0.2, 0) is 28.9 Å². The number of carbonyl (C=O) groups excluding carboxylic acids is 2. The minimum atomic E-state index is -0.337. The summed E-state index contributed by atoms with van der Waals surface area (Å²) in [4.78, 5) is 23.5. The van der Waals surface area contributed by atoms with Crippen molar-refractivity contribution in [2.45, 2.75) is 39.2 Å². The zero-order valence-electron chi connectivity index (χ0n) is 12.4. The molecule has 2 aromatic rings. The van der Waals surface area contributed by atoms with E-state index in [1.54, 1.807) is 6.07 Å². The number of aromatic nitrogens is 1. The zero-order chi connectivity index (χ0) is 15.0. The van der Waals surface area contributed by atoms with Crippen LogP contribution in [0.3, 0.4) is 0 Å². The molecule has 0 saturated carbocycles. The molecule has 1 aliphatic rings. The van der Waals surface area contributed by atoms with Gasteiger partial charge >= 0.3 is 5.97 Å². The van der Waals surface area contributed by atoms with Crippen molar-refractivity contribution >= 4 is 22.7 Å². The Morgan fingerprint density at radius 3 is 2.86 bits per heavy atom. The molecule has 1 aromatic heterocycles. The number of Topliss-reactive ketones (excluding diaryl/α,β-unsaturated/α-hetero) is 1. The predicted molar refractivity (Wildman–Crippen MR) is 80.6 cm³/mol. The number of hydrogen-bond acceptors (Lipinski definition) is 3. The van der Waals surface area contributed by atoms with Gasteiger partial charge in [-0.3, -0.25) is 4.79 Å². The third kappa shape index (κ3) is 2.24. The molecule has 4 nitrogen and oxygen atoms in total. The van der Waals surface area contributed by atoms with Crippen LogP contribution in [0.5, 0.6) is 0 Å². The van der Waals surface area contributed by atoms with E-state index in [9.17, 15) is 9.59 Å². The first-order valence-electron chi connectivity index (χ1n) is 7.39. The van der Waals surface area contributed by atoms with Gasteiger partial charge in [-0.25, -0.2) is 4.79 Å². The molecular formula is C17H19NO3. The van der Waals surface area contributed by atoms with E-state index in [0.717, 1.165) is 35.9 Å². The highest BCUT2D eigenvalue weighted by Gasteiger charge is 2.24. The second-order valence-corrected chi connectivity index (χ2v) is 5.52. The van der Waals surface area contributed by atoms with E-state index in [2.05, 4.69) is 11.5 Å². The summed E-state index contributed by atoms with van der Waals surface area (Å²) in [5.74, 6) is -0.0578. The SMILES string of the molecule is CCCn1c2c(c3cc(C(=O)OC)ccc31)CC(=O)CC2. The number of rotatable bonds is 3. The van der Waals surface area contributed by atoms with Gasteiger partial charge in [-0.1, -0.05) is 6.92 Å². The van der Waals surface area contributed by atoms with Crippen LogP contribution in [-0.4, -0.2) is 23.4 Å². The fourth-order valence-corrected chi connectivity index (χ4v) is 3.23. The van der Waals surface area contributed by atoms with Crippen LogP contribution in [0.1, 0.15) is 41.4 Å². The Morgan fingerprint density at radius 1 is 1.33 bits per heavy atom. The standard InChI is InChI=1S/C17H19NO3/c1-3-8-18-15-6-4-11(17(20)21-2)9-13(15)14-10-12(19)5-7-16(14)18/h4,6,9H,3,5,7-8,10H2,1-2H3. The van der Waals surface area contributed by atoms with Crippen molar-refractivity contribution in [1.29, 1.82) is 0 Å². The molecule has 1 aromatic carbocycles. The first kappa shape index (κ1) is 13.9. The minimum absolute atomic E-state index is 0.279. The van der Waals surface area contributed by atoms with Gasteiger partial charge in [0.2, 0.25) is 0 Å². The lowest BCUT2D eigenvalue weighted by Gasteiger charge is -2.14. The van der Waals surface area contributed by atoms with E-state index in [4.69, 9.17) is 4.74 Å². The summed E-state index contributed by atoms with van der Waals surface area (Å²) in [6, 6.07) is 5.64. The molecule has 0 amide bonds. The molecule has 0 aliphatic heterocycles. The number of esters is 1. The Hall–Kier alpha value is -2.10. The van der Waals surface area contributed by atoms with Crippen molar-refractivity contribution in [3.63, 3.8) is 0 Å². The number of aryl methyl sites for hydroxylation is 1. The van der Waals surface area contributed by atoms with Gasteiger partial charge in [0.1, 0.15) is 5.78 Å². The molecule has 1 aliphatic carbocycles. The molecule has 4 heteroatoms. The Balaban J connectivity index is 2.23. The number of fused-ring (bicyclic) bond motifs is 3. The van der Waals surface area contributed by atoms with Crippen LogP contribution in [0.4, 0.5) is 0 Å². The second kappa shape index (κ2) is 5.35. The fraction of sp³-hybridized carbons (Fsp3) is 0.412. The van der Waals surface area contributed by atoms with Crippen molar-refractivity contribution in [2.24, 2.45) is 0 Å². The largest absolute Gasteiger partial charge is 0.465 e. The first-order chi connectivity index (χ1) is 10.2. The Morgan fingerprint density at radius 2 is 2.14 bits per heavy atom. The van der Waals surface area contributed by atoms with Gasteiger partial charge in [0, 0.05) is 36.0 Å². The van der Waals surface area contributed by atoms with Crippen molar-refractivity contribution in [3.05, 3.63) is 35.0 Å². The highest BCUT2D eigenvalue weighted by molar-refractivity contribution is 5.98. The molecule has 21 heavy (non-hydrogen) atoms. The number of nitrogens with zero attached hydrogens (tertiary/aromatic N) is 1. The van der Waals surface area contributed by atoms with Crippen LogP contribution in [0.25, 0.3) is 10.9 Å². The van der Waals surface area contributed by atoms with E-state index in [1.165, 1.54) is 12.8 Å². The second-order valence-electron chi connectivity index (χ2n) is 5.52. The van der Waals surface area contributed by atoms with E-state index in [1.807, 2.05) is 12.1 Å². The molecule has 0 saturated heterocycles. The molecule has 1 heterocycles. The smallest absolute Gasteiger partial charge is 0.337 e. The maximum Gasteiger partial charge on any atom is 0.337 e. The van der Waals surface area contributed by atoms with Gasteiger partial charge in [0.25, 0.3) is 0 Å². The third-order valence-electron chi connectivity index (χ3n) is 4.17. The quantitative estimate of drug-likeness (QED) is 0.815. The summed E-state index contributed by atoms with van der Waals surface area (Å²) < 4.78 is 7.10. The summed E-state index contributed by atoms with van der Waals surface area (Å²) in [6.45, 7) is 3.09. The summed E-state index contributed by atoms with van der Waals surface area (Å²) in [5.41, 5.74) is 4.01. The Kier molecular flexibility index (Phi) is 3.53. The molecule has 0 spiro atoms. The maximum atomic E-state index is 11.8. The van der Waals surface area contributed by atoms with Gasteiger partial charge in [-0.05, 0) is 36.6 Å². The van der Waals surface area contributed by atoms with E-state index < -0.39 is 0 Å². The maximum absolute atomic E-state index is 11.8. The van der Waals surface area contributed by atoms with Gasteiger partial charge in [0.15, 0.2) is 0 Å². The summed E-state index contributed by atoms with van der Waals surface area (Å²) in [7, 11) is 1.38. The predicted octanol–water partition coefficient (Wildman–Crippen LogP) is 2.90. The van der Waals surface area contributed by atoms with Crippen LogP contribution in [0.2, 0.25) is 0 Å². The number of benzene rings is 1. The minimum Gasteiger partial charge on any atom is -0.465 e. The van der Waals surface area contributed by atoms with Gasteiger partial charge in [0.05, 0.1) is 12.7 Å². The molecule has 3 rings (SSSR count). The van der Waals surface area contributed by atoms with Crippen molar-refractivity contribution in [3.8, 4) is 0 Å². The van der Waals surface area contributed by atoms with Gasteiger partial charge in [-0.15, -0.1) is 0 Å². The lowest BCUT2D eigenvalue weighted by molar-refractivity contribution is -0.118. The van der Waals surface area contributed by atoms with E-state index in [0.29, 0.717) is 18.4 Å². The number of ether oxygens (including phenoxy) is 1. The van der Waals surface area contributed by atoms with Crippen molar-refractivity contribution < 1.29 is 14.3 Å². The average molecular weight is 285 g/mol. The summed E-state index contributed by atoms with van der Waals surface area (Å²) in [5, 5.41) is 1.02. The number of carbonyl (C=O) groups is 2. The molecule has 0 fully saturated rings. The van der Waals surface area contributed by atoms with Crippen molar-refractivity contribution in [2.75, 3.05) is 7.11 Å². The molecule has 0 radical (unpaired) electrons. The molecule has 0 bridgehead atoms. The van der Waals surface area contributed by atoms with Gasteiger partial charge < -0.3 is 9.30 Å². The highest BCUT2D eigenvalue weighted by atomic mass is 16.5. The molecule has 0 N–H and O–H groups in total.